The Morgan fingerprint density at radius 3 is 2.24 bits per heavy atom. The van der Waals surface area contributed by atoms with Crippen molar-refractivity contribution >= 4 is 8.07 Å². The van der Waals surface area contributed by atoms with Crippen LogP contribution >= 0.6 is 0 Å². The van der Waals surface area contributed by atoms with Crippen molar-refractivity contribution in [3.63, 3.8) is 0 Å². The van der Waals surface area contributed by atoms with Gasteiger partial charge in [0.1, 0.15) is 13.7 Å². The third kappa shape index (κ3) is 4.33. The SMILES string of the molecule is CC(C)c1ccc([C@](O)(c2cncc(C#C[Si](C)(C)C)c2)C2(C)CN(C)C2)cc1. The molecule has 154 valence electrons. The highest BCUT2D eigenvalue weighted by molar-refractivity contribution is 6.83. The predicted octanol–water partition coefficient (Wildman–Crippen LogP) is 4.62. The number of aromatic nitrogens is 1. The van der Waals surface area contributed by atoms with E-state index in [-0.39, 0.29) is 5.41 Å². The van der Waals surface area contributed by atoms with Crippen LogP contribution in [-0.2, 0) is 5.60 Å². The molecular formula is C25H34N2OSi. The molecule has 1 atom stereocenters. The summed E-state index contributed by atoms with van der Waals surface area (Å²) in [6.07, 6.45) is 3.60. The van der Waals surface area contributed by atoms with Gasteiger partial charge in [-0.2, -0.15) is 0 Å². The highest BCUT2D eigenvalue weighted by Crippen LogP contribution is 2.50. The number of likely N-dealkylation sites (tertiary alicyclic amines) is 1. The molecule has 0 aliphatic carbocycles. The summed E-state index contributed by atoms with van der Waals surface area (Å²) in [6.45, 7) is 14.9. The highest BCUT2D eigenvalue weighted by Gasteiger charge is 2.55. The molecule has 0 bridgehead atoms. The van der Waals surface area contributed by atoms with E-state index < -0.39 is 13.7 Å². The first-order chi connectivity index (χ1) is 13.4. The van der Waals surface area contributed by atoms with Crippen LogP contribution in [0.3, 0.4) is 0 Å². The number of nitrogens with zero attached hydrogens (tertiary/aromatic N) is 2. The van der Waals surface area contributed by atoms with E-state index in [0.717, 1.165) is 29.8 Å². The van der Waals surface area contributed by atoms with E-state index in [1.165, 1.54) is 5.56 Å². The molecule has 1 aliphatic rings. The Morgan fingerprint density at radius 1 is 1.10 bits per heavy atom. The molecule has 1 aliphatic heterocycles. The molecule has 0 saturated carbocycles. The maximum absolute atomic E-state index is 12.2. The van der Waals surface area contributed by atoms with E-state index in [1.807, 2.05) is 6.07 Å². The van der Waals surface area contributed by atoms with Gasteiger partial charge in [0.05, 0.1) is 0 Å². The third-order valence-electron chi connectivity index (χ3n) is 5.84. The lowest BCUT2D eigenvalue weighted by Crippen LogP contribution is -2.63. The van der Waals surface area contributed by atoms with Gasteiger partial charge in [0.15, 0.2) is 0 Å². The second kappa shape index (κ2) is 7.72. The van der Waals surface area contributed by atoms with Crippen molar-refractivity contribution in [1.29, 1.82) is 0 Å². The zero-order chi connectivity index (χ0) is 21.4. The van der Waals surface area contributed by atoms with Gasteiger partial charge in [-0.3, -0.25) is 4.98 Å². The quantitative estimate of drug-likeness (QED) is 0.594. The maximum atomic E-state index is 12.2. The lowest BCUT2D eigenvalue weighted by atomic mass is 9.62. The maximum Gasteiger partial charge on any atom is 0.129 e. The Hall–Kier alpha value is -1.93. The van der Waals surface area contributed by atoms with Gasteiger partial charge in [0.2, 0.25) is 0 Å². The van der Waals surface area contributed by atoms with E-state index in [0.29, 0.717) is 5.92 Å². The number of hydrogen-bond donors (Lipinski definition) is 1. The molecule has 2 aromatic rings. The number of rotatable bonds is 4. The van der Waals surface area contributed by atoms with Crippen LogP contribution in [-0.4, -0.2) is 43.2 Å². The van der Waals surface area contributed by atoms with E-state index in [4.69, 9.17) is 0 Å². The van der Waals surface area contributed by atoms with Gasteiger partial charge in [0, 0.05) is 42.0 Å². The zero-order valence-electron chi connectivity index (χ0n) is 18.9. The molecule has 0 unspecified atom stereocenters. The molecule has 3 rings (SSSR count). The van der Waals surface area contributed by atoms with Gasteiger partial charge in [-0.15, -0.1) is 5.54 Å². The number of benzene rings is 1. The Bertz CT molecular complexity index is 928. The summed E-state index contributed by atoms with van der Waals surface area (Å²) in [5.41, 5.74) is 5.92. The summed E-state index contributed by atoms with van der Waals surface area (Å²) in [7, 11) is 0.612. The van der Waals surface area contributed by atoms with Gasteiger partial charge in [-0.05, 0) is 30.2 Å². The third-order valence-corrected chi connectivity index (χ3v) is 6.72. The van der Waals surface area contributed by atoms with Crippen molar-refractivity contribution in [1.82, 2.24) is 9.88 Å². The second-order valence-electron chi connectivity index (χ2n) is 10.2. The summed E-state index contributed by atoms with van der Waals surface area (Å²) < 4.78 is 0. The summed E-state index contributed by atoms with van der Waals surface area (Å²) in [5, 5.41) is 12.2. The second-order valence-corrected chi connectivity index (χ2v) is 14.9. The first kappa shape index (κ1) is 21.8. The minimum Gasteiger partial charge on any atom is -0.380 e. The van der Waals surface area contributed by atoms with Crippen molar-refractivity contribution in [3.8, 4) is 11.5 Å². The molecule has 1 fully saturated rings. The van der Waals surface area contributed by atoms with Crippen LogP contribution in [0.4, 0.5) is 0 Å². The monoisotopic (exact) mass is 406 g/mol. The predicted molar refractivity (Wildman–Crippen MR) is 124 cm³/mol. The number of aliphatic hydroxyl groups is 1. The van der Waals surface area contributed by atoms with E-state index in [1.54, 1.807) is 12.4 Å². The minimum atomic E-state index is -1.48. The van der Waals surface area contributed by atoms with Gasteiger partial charge in [-0.1, -0.05) is 70.6 Å². The van der Waals surface area contributed by atoms with Crippen LogP contribution in [0, 0.1) is 16.9 Å². The molecular weight excluding hydrogens is 372 g/mol. The smallest absolute Gasteiger partial charge is 0.129 e. The van der Waals surface area contributed by atoms with Crippen LogP contribution in [0.5, 0.6) is 0 Å². The lowest BCUT2D eigenvalue weighted by molar-refractivity contribution is -0.127. The first-order valence-electron chi connectivity index (χ1n) is 10.4. The molecule has 4 heteroatoms. The largest absolute Gasteiger partial charge is 0.380 e. The molecule has 2 heterocycles. The fourth-order valence-corrected chi connectivity index (χ4v) is 4.83. The van der Waals surface area contributed by atoms with Crippen LogP contribution < -0.4 is 0 Å². The van der Waals surface area contributed by atoms with Crippen molar-refractivity contribution in [2.45, 2.75) is 51.9 Å². The highest BCUT2D eigenvalue weighted by atomic mass is 28.3. The molecule has 3 nitrogen and oxygen atoms in total. The Labute approximate surface area is 177 Å². The Morgan fingerprint density at radius 2 is 1.72 bits per heavy atom. The minimum absolute atomic E-state index is 0.284. The lowest BCUT2D eigenvalue weighted by Gasteiger charge is -2.55. The number of hydrogen-bond acceptors (Lipinski definition) is 3. The van der Waals surface area contributed by atoms with Crippen molar-refractivity contribution in [2.75, 3.05) is 20.1 Å². The van der Waals surface area contributed by atoms with Crippen molar-refractivity contribution in [2.24, 2.45) is 5.41 Å². The molecule has 29 heavy (non-hydrogen) atoms. The Kier molecular flexibility index (Phi) is 5.79. The van der Waals surface area contributed by atoms with Crippen LogP contribution in [0.15, 0.2) is 42.7 Å². The molecule has 1 saturated heterocycles. The van der Waals surface area contributed by atoms with E-state index in [9.17, 15) is 5.11 Å². The van der Waals surface area contributed by atoms with E-state index >= 15 is 0 Å². The summed E-state index contributed by atoms with van der Waals surface area (Å²) in [6, 6.07) is 10.5. The van der Waals surface area contributed by atoms with Crippen LogP contribution in [0.2, 0.25) is 19.6 Å². The fourth-order valence-electron chi connectivity index (χ4n) is 4.31. The van der Waals surface area contributed by atoms with Crippen LogP contribution in [0.1, 0.15) is 48.9 Å². The zero-order valence-corrected chi connectivity index (χ0v) is 19.9. The van der Waals surface area contributed by atoms with Crippen molar-refractivity contribution < 1.29 is 5.11 Å². The normalized spacial score (nSPS) is 18.5. The summed E-state index contributed by atoms with van der Waals surface area (Å²) in [5.74, 6) is 3.76. The molecule has 0 spiro atoms. The molecule has 0 radical (unpaired) electrons. The average molecular weight is 407 g/mol. The number of pyridine rings is 1. The Balaban J connectivity index is 2.11. The summed E-state index contributed by atoms with van der Waals surface area (Å²) >= 11 is 0. The fraction of sp³-hybridized carbons (Fsp3) is 0.480. The molecule has 1 aromatic carbocycles. The van der Waals surface area contributed by atoms with Gasteiger partial charge in [-0.25, -0.2) is 0 Å². The van der Waals surface area contributed by atoms with Crippen LogP contribution in [0.25, 0.3) is 0 Å². The van der Waals surface area contributed by atoms with Gasteiger partial charge >= 0.3 is 0 Å². The van der Waals surface area contributed by atoms with Gasteiger partial charge in [0.25, 0.3) is 0 Å². The molecule has 0 amide bonds. The first-order valence-corrected chi connectivity index (χ1v) is 13.9. The molecule has 1 N–H and O–H groups in total. The topological polar surface area (TPSA) is 36.4 Å². The summed E-state index contributed by atoms with van der Waals surface area (Å²) in [4.78, 5) is 6.70. The molecule has 1 aromatic heterocycles. The van der Waals surface area contributed by atoms with Gasteiger partial charge < -0.3 is 10.0 Å². The average Bonchev–Trinajstić information content (AvgIpc) is 2.64. The van der Waals surface area contributed by atoms with E-state index in [2.05, 4.69) is 93.1 Å². The standard InChI is InChI=1S/C25H34N2OSi/c1-19(2)21-8-10-22(11-9-21)25(28,24(3)17-27(4)18-24)23-14-20(15-26-16-23)12-13-29(5,6)7/h8-11,14-16,19,28H,17-18H2,1-7H3/t25-/m0/s1. The van der Waals surface area contributed by atoms with Crippen molar-refractivity contribution in [3.05, 3.63) is 65.0 Å².